The molecule has 0 bridgehead atoms. The van der Waals surface area contributed by atoms with Crippen LogP contribution in [0.3, 0.4) is 0 Å². The Morgan fingerprint density at radius 3 is 2.95 bits per heavy atom. The molecule has 2 aromatic heterocycles. The number of aromatic nitrogens is 2. The summed E-state index contributed by atoms with van der Waals surface area (Å²) in [5.74, 6) is -0.0125. The minimum absolute atomic E-state index is 0.0125. The summed E-state index contributed by atoms with van der Waals surface area (Å²) in [5, 5.41) is 3.00. The maximum atomic E-state index is 12.7. The van der Waals surface area contributed by atoms with Crippen LogP contribution in [-0.4, -0.2) is 40.5 Å². The van der Waals surface area contributed by atoms with Crippen LogP contribution < -0.4 is 0 Å². The van der Waals surface area contributed by atoms with Gasteiger partial charge in [-0.1, -0.05) is 0 Å². The summed E-state index contributed by atoms with van der Waals surface area (Å²) < 4.78 is 5.54. The van der Waals surface area contributed by atoms with Crippen molar-refractivity contribution in [2.24, 2.45) is 0 Å². The summed E-state index contributed by atoms with van der Waals surface area (Å²) in [6.07, 6.45) is 1.64. The Kier molecular flexibility index (Phi) is 3.98. The fraction of sp³-hybridized carbons (Fsp3) is 0.400. The summed E-state index contributed by atoms with van der Waals surface area (Å²) in [6.45, 7) is 5.50. The zero-order valence-electron chi connectivity index (χ0n) is 12.1. The van der Waals surface area contributed by atoms with E-state index in [-0.39, 0.29) is 11.9 Å². The van der Waals surface area contributed by atoms with Crippen molar-refractivity contribution in [1.82, 2.24) is 14.9 Å². The van der Waals surface area contributed by atoms with Gasteiger partial charge in [-0.2, -0.15) is 0 Å². The molecular weight excluding hydrogens is 286 g/mol. The Hall–Kier alpha value is -1.79. The first-order chi connectivity index (χ1) is 10.1. The van der Waals surface area contributed by atoms with Crippen molar-refractivity contribution >= 4 is 17.2 Å². The number of carbonyl (C=O) groups excluding carboxylic acids is 1. The second kappa shape index (κ2) is 5.91. The summed E-state index contributed by atoms with van der Waals surface area (Å²) in [5.41, 5.74) is 2.42. The molecule has 0 aliphatic carbocycles. The van der Waals surface area contributed by atoms with E-state index in [0.717, 1.165) is 16.4 Å². The number of thiazole rings is 1. The largest absolute Gasteiger partial charge is 0.377 e. The number of aryl methyl sites for hydroxylation is 2. The molecule has 0 spiro atoms. The van der Waals surface area contributed by atoms with E-state index in [9.17, 15) is 4.79 Å². The Balaban J connectivity index is 1.87. The predicted molar refractivity (Wildman–Crippen MR) is 80.4 cm³/mol. The maximum Gasteiger partial charge on any atom is 0.256 e. The molecule has 1 amide bonds. The average molecular weight is 303 g/mol. The van der Waals surface area contributed by atoms with Gasteiger partial charge in [-0.15, -0.1) is 11.3 Å². The third-order valence-corrected chi connectivity index (χ3v) is 4.32. The van der Waals surface area contributed by atoms with E-state index in [1.165, 1.54) is 0 Å². The number of amides is 1. The molecule has 21 heavy (non-hydrogen) atoms. The third-order valence-electron chi connectivity index (χ3n) is 3.53. The minimum Gasteiger partial charge on any atom is -0.377 e. The smallest absolute Gasteiger partial charge is 0.256 e. The van der Waals surface area contributed by atoms with Gasteiger partial charge in [-0.25, -0.2) is 4.98 Å². The highest BCUT2D eigenvalue weighted by atomic mass is 32.1. The lowest BCUT2D eigenvalue weighted by molar-refractivity contribution is -0.00378. The monoisotopic (exact) mass is 303 g/mol. The van der Waals surface area contributed by atoms with E-state index in [1.54, 1.807) is 17.5 Å². The van der Waals surface area contributed by atoms with E-state index in [1.807, 2.05) is 36.3 Å². The first-order valence-electron chi connectivity index (χ1n) is 6.88. The topological polar surface area (TPSA) is 55.3 Å². The molecule has 6 heteroatoms. The molecule has 1 saturated heterocycles. The number of nitrogens with zero attached hydrogens (tertiary/aromatic N) is 3. The average Bonchev–Trinajstić information content (AvgIpc) is 2.94. The van der Waals surface area contributed by atoms with Gasteiger partial charge in [-0.3, -0.25) is 9.78 Å². The number of ether oxygens (including phenoxy) is 1. The number of carbonyl (C=O) groups is 1. The van der Waals surface area contributed by atoms with Crippen LogP contribution in [0.15, 0.2) is 23.7 Å². The lowest BCUT2D eigenvalue weighted by Crippen LogP contribution is -2.43. The number of morpholine rings is 1. The number of hydrogen-bond acceptors (Lipinski definition) is 5. The Morgan fingerprint density at radius 2 is 2.29 bits per heavy atom. The van der Waals surface area contributed by atoms with Crippen molar-refractivity contribution in [3.63, 3.8) is 0 Å². The van der Waals surface area contributed by atoms with Crippen molar-refractivity contribution in [2.45, 2.75) is 19.9 Å². The Bertz CT molecular complexity index is 639. The summed E-state index contributed by atoms with van der Waals surface area (Å²) in [6, 6.07) is 3.57. The van der Waals surface area contributed by atoms with Gasteiger partial charge >= 0.3 is 0 Å². The predicted octanol–water partition coefficient (Wildman–Crippen LogP) is 2.37. The van der Waals surface area contributed by atoms with Crippen LogP contribution in [0.1, 0.15) is 32.8 Å². The molecule has 2 aromatic rings. The van der Waals surface area contributed by atoms with Gasteiger partial charge < -0.3 is 9.64 Å². The highest BCUT2D eigenvalue weighted by Crippen LogP contribution is 2.26. The molecule has 0 saturated carbocycles. The fourth-order valence-electron chi connectivity index (χ4n) is 2.39. The van der Waals surface area contributed by atoms with Gasteiger partial charge in [0.25, 0.3) is 5.91 Å². The van der Waals surface area contributed by atoms with Gasteiger partial charge in [0.2, 0.25) is 0 Å². The molecule has 5 nitrogen and oxygen atoms in total. The van der Waals surface area contributed by atoms with Crippen molar-refractivity contribution in [1.29, 1.82) is 0 Å². The minimum atomic E-state index is -0.113. The van der Waals surface area contributed by atoms with Crippen molar-refractivity contribution in [3.05, 3.63) is 45.7 Å². The maximum absolute atomic E-state index is 12.7. The number of hydrogen-bond donors (Lipinski definition) is 0. The van der Waals surface area contributed by atoms with E-state index in [4.69, 9.17) is 4.74 Å². The van der Waals surface area contributed by atoms with E-state index in [2.05, 4.69) is 9.97 Å². The molecule has 0 radical (unpaired) electrons. The molecule has 1 unspecified atom stereocenters. The van der Waals surface area contributed by atoms with Crippen molar-refractivity contribution in [2.75, 3.05) is 19.8 Å². The molecular formula is C15H17N3O2S. The second-order valence-corrected chi connectivity index (χ2v) is 6.13. The Morgan fingerprint density at radius 1 is 1.43 bits per heavy atom. The molecule has 1 atom stereocenters. The van der Waals surface area contributed by atoms with Gasteiger partial charge in [-0.05, 0) is 26.0 Å². The van der Waals surface area contributed by atoms with Crippen molar-refractivity contribution in [3.8, 4) is 0 Å². The third kappa shape index (κ3) is 2.96. The second-order valence-electron chi connectivity index (χ2n) is 5.07. The molecule has 1 fully saturated rings. The molecule has 1 aliphatic heterocycles. The highest BCUT2D eigenvalue weighted by molar-refractivity contribution is 7.09. The fourth-order valence-corrected chi connectivity index (χ4v) is 3.04. The molecule has 0 N–H and O–H groups in total. The lowest BCUT2D eigenvalue weighted by atomic mass is 10.1. The zero-order valence-corrected chi connectivity index (χ0v) is 12.9. The molecule has 0 aromatic carbocycles. The molecule has 3 rings (SSSR count). The lowest BCUT2D eigenvalue weighted by Gasteiger charge is -2.34. The standard InChI is InChI=1S/C15H17N3O2S/c1-10-3-4-12(7-16-10)15(19)18-5-6-20-8-14(18)13-9-21-11(2)17-13/h3-4,7,9,14H,5-6,8H2,1-2H3. The van der Waals surface area contributed by atoms with Crippen LogP contribution in [-0.2, 0) is 4.74 Å². The molecule has 1 aliphatic rings. The van der Waals surface area contributed by atoms with Crippen LogP contribution in [0.5, 0.6) is 0 Å². The van der Waals surface area contributed by atoms with E-state index >= 15 is 0 Å². The van der Waals surface area contributed by atoms with Crippen LogP contribution in [0.2, 0.25) is 0 Å². The summed E-state index contributed by atoms with van der Waals surface area (Å²) in [7, 11) is 0. The summed E-state index contributed by atoms with van der Waals surface area (Å²) in [4.78, 5) is 23.3. The van der Waals surface area contributed by atoms with Crippen LogP contribution >= 0.6 is 11.3 Å². The van der Waals surface area contributed by atoms with Gasteiger partial charge in [0.05, 0.1) is 35.5 Å². The Labute approximate surface area is 127 Å². The molecule has 110 valence electrons. The molecule has 3 heterocycles. The summed E-state index contributed by atoms with van der Waals surface area (Å²) >= 11 is 1.59. The number of pyridine rings is 1. The zero-order chi connectivity index (χ0) is 14.8. The highest BCUT2D eigenvalue weighted by Gasteiger charge is 2.30. The SMILES string of the molecule is Cc1ccc(C(=O)N2CCOCC2c2csc(C)n2)cn1. The van der Waals surface area contributed by atoms with Crippen LogP contribution in [0.25, 0.3) is 0 Å². The van der Waals surface area contributed by atoms with Crippen molar-refractivity contribution < 1.29 is 9.53 Å². The van der Waals surface area contributed by atoms with Crippen LogP contribution in [0, 0.1) is 13.8 Å². The van der Waals surface area contributed by atoms with Crippen LogP contribution in [0.4, 0.5) is 0 Å². The first kappa shape index (κ1) is 14.2. The van der Waals surface area contributed by atoms with Gasteiger partial charge in [0.15, 0.2) is 0 Å². The normalized spacial score (nSPS) is 18.8. The first-order valence-corrected chi connectivity index (χ1v) is 7.76. The number of rotatable bonds is 2. The van der Waals surface area contributed by atoms with Gasteiger partial charge in [0, 0.05) is 23.8 Å². The van der Waals surface area contributed by atoms with E-state index < -0.39 is 0 Å². The van der Waals surface area contributed by atoms with E-state index in [0.29, 0.717) is 25.3 Å². The van der Waals surface area contributed by atoms with Gasteiger partial charge in [0.1, 0.15) is 0 Å². The quantitative estimate of drug-likeness (QED) is 0.854.